The van der Waals surface area contributed by atoms with Gasteiger partial charge in [0, 0.05) is 11.0 Å². The van der Waals surface area contributed by atoms with Crippen molar-refractivity contribution in [2.45, 2.75) is 31.6 Å². The van der Waals surface area contributed by atoms with E-state index in [-0.39, 0.29) is 5.92 Å². The molecule has 1 aliphatic carbocycles. The second-order valence-corrected chi connectivity index (χ2v) is 6.30. The molecule has 0 N–H and O–H groups in total. The van der Waals surface area contributed by atoms with E-state index < -0.39 is 11.5 Å². The van der Waals surface area contributed by atoms with Gasteiger partial charge in [-0.1, -0.05) is 67.6 Å². The van der Waals surface area contributed by atoms with Crippen LogP contribution in [0.4, 0.5) is 8.78 Å². The molecule has 114 valence electrons. The monoisotopic (exact) mass is 298 g/mol. The van der Waals surface area contributed by atoms with Gasteiger partial charge in [-0.15, -0.1) is 0 Å². The van der Waals surface area contributed by atoms with Gasteiger partial charge in [-0.25, -0.2) is 0 Å². The number of allylic oxidation sites excluding steroid dienone is 1. The van der Waals surface area contributed by atoms with Crippen molar-refractivity contribution in [2.75, 3.05) is 0 Å². The lowest BCUT2D eigenvalue weighted by Crippen LogP contribution is -2.42. The fourth-order valence-corrected chi connectivity index (χ4v) is 3.70. The molecule has 0 nitrogen and oxygen atoms in total. The lowest BCUT2D eigenvalue weighted by Gasteiger charge is -2.48. The van der Waals surface area contributed by atoms with Gasteiger partial charge in [0.05, 0.1) is 0 Å². The smallest absolute Gasteiger partial charge is 0.173 e. The molecule has 2 aromatic rings. The Labute approximate surface area is 130 Å². The minimum Gasteiger partial charge on any atom is -0.173 e. The number of benzene rings is 2. The third kappa shape index (κ3) is 2.70. The van der Waals surface area contributed by atoms with E-state index in [9.17, 15) is 8.78 Å². The average molecular weight is 298 g/mol. The van der Waals surface area contributed by atoms with Crippen molar-refractivity contribution >= 4 is 0 Å². The normalized spacial score (nSPS) is 24.0. The molecule has 0 unspecified atom stereocenters. The molecule has 22 heavy (non-hydrogen) atoms. The number of halogens is 2. The first kappa shape index (κ1) is 15.0. The fraction of sp³-hybridized carbons (Fsp3) is 0.300. The summed E-state index contributed by atoms with van der Waals surface area (Å²) in [6.07, 6.45) is 0.957. The van der Waals surface area contributed by atoms with Crippen LogP contribution in [0.5, 0.6) is 0 Å². The zero-order valence-corrected chi connectivity index (χ0v) is 12.7. The number of rotatable bonds is 4. The van der Waals surface area contributed by atoms with Crippen LogP contribution >= 0.6 is 0 Å². The van der Waals surface area contributed by atoms with Crippen LogP contribution in [-0.4, -0.2) is 0 Å². The molecule has 0 radical (unpaired) electrons. The van der Waals surface area contributed by atoms with Gasteiger partial charge in [-0.05, 0) is 36.3 Å². The van der Waals surface area contributed by atoms with E-state index in [0.29, 0.717) is 5.57 Å². The molecule has 2 atom stereocenters. The van der Waals surface area contributed by atoms with Crippen LogP contribution in [0.1, 0.15) is 30.9 Å². The van der Waals surface area contributed by atoms with Crippen LogP contribution in [0.2, 0.25) is 0 Å². The molecule has 1 aliphatic rings. The third-order valence-corrected chi connectivity index (χ3v) is 4.90. The number of hydrogen-bond donors (Lipinski definition) is 0. The van der Waals surface area contributed by atoms with Crippen molar-refractivity contribution in [1.82, 2.24) is 0 Å². The molecule has 1 saturated carbocycles. The van der Waals surface area contributed by atoms with Gasteiger partial charge in [0.25, 0.3) is 6.08 Å². The molecule has 0 bridgehead atoms. The zero-order chi connectivity index (χ0) is 15.6. The maximum absolute atomic E-state index is 13.5. The molecular formula is C20H20F2. The summed E-state index contributed by atoms with van der Waals surface area (Å²) in [7, 11) is 0. The van der Waals surface area contributed by atoms with Crippen molar-refractivity contribution in [3.05, 3.63) is 83.4 Å². The second kappa shape index (κ2) is 6.04. The maximum atomic E-state index is 13.5. The molecule has 0 aromatic heterocycles. The van der Waals surface area contributed by atoms with Crippen molar-refractivity contribution in [2.24, 2.45) is 5.92 Å². The van der Waals surface area contributed by atoms with Crippen molar-refractivity contribution in [1.29, 1.82) is 0 Å². The summed E-state index contributed by atoms with van der Waals surface area (Å²) < 4.78 is 27.0. The van der Waals surface area contributed by atoms with Crippen LogP contribution < -0.4 is 0 Å². The van der Waals surface area contributed by atoms with Gasteiger partial charge in [-0.3, -0.25) is 0 Å². The fourth-order valence-electron chi connectivity index (χ4n) is 3.70. The molecule has 0 heterocycles. The Hall–Kier alpha value is -1.96. The third-order valence-electron chi connectivity index (χ3n) is 4.90. The van der Waals surface area contributed by atoms with E-state index in [1.54, 1.807) is 0 Å². The van der Waals surface area contributed by atoms with Gasteiger partial charge in [0.2, 0.25) is 0 Å². The van der Waals surface area contributed by atoms with E-state index in [0.717, 1.165) is 24.8 Å². The van der Waals surface area contributed by atoms with Crippen molar-refractivity contribution in [3.63, 3.8) is 0 Å². The number of hydrogen-bond acceptors (Lipinski definition) is 0. The second-order valence-electron chi connectivity index (χ2n) is 6.30. The Morgan fingerprint density at radius 2 is 1.59 bits per heavy atom. The SMILES string of the molecule is C[C@@]1(c2ccccc2)C[C@H](CCc2ccccc2)C1=C(F)F. The molecule has 2 heteroatoms. The lowest BCUT2D eigenvalue weighted by molar-refractivity contribution is 0.228. The van der Waals surface area contributed by atoms with Crippen LogP contribution in [-0.2, 0) is 11.8 Å². The van der Waals surface area contributed by atoms with Crippen molar-refractivity contribution < 1.29 is 8.78 Å². The Bertz CT molecular complexity index is 657. The highest BCUT2D eigenvalue weighted by Gasteiger charge is 2.49. The first-order valence-electron chi connectivity index (χ1n) is 7.76. The molecule has 0 aliphatic heterocycles. The summed E-state index contributed by atoms with van der Waals surface area (Å²) in [5, 5.41) is 0. The molecule has 1 fully saturated rings. The molecule has 0 amide bonds. The highest BCUT2D eigenvalue weighted by Crippen LogP contribution is 2.55. The standard InChI is InChI=1S/C20H20F2/c1-20(17-10-6-3-7-11-17)14-16(18(20)19(21)22)13-12-15-8-4-2-5-9-15/h2-11,16H,12-14H2,1H3/t16-,20-/m0/s1. The maximum Gasteiger partial charge on any atom is 0.270 e. The van der Waals surface area contributed by atoms with Crippen LogP contribution in [0.25, 0.3) is 0 Å². The predicted molar refractivity (Wildman–Crippen MR) is 85.9 cm³/mol. The van der Waals surface area contributed by atoms with Gasteiger partial charge in [0.1, 0.15) is 0 Å². The predicted octanol–water partition coefficient (Wildman–Crippen LogP) is 5.75. The van der Waals surface area contributed by atoms with E-state index in [4.69, 9.17) is 0 Å². The highest BCUT2D eigenvalue weighted by molar-refractivity contribution is 5.43. The number of aryl methyl sites for hydroxylation is 1. The largest absolute Gasteiger partial charge is 0.270 e. The molecule has 2 aromatic carbocycles. The van der Waals surface area contributed by atoms with Crippen LogP contribution in [0, 0.1) is 5.92 Å². The van der Waals surface area contributed by atoms with Crippen LogP contribution in [0.3, 0.4) is 0 Å². The first-order valence-corrected chi connectivity index (χ1v) is 7.76. The van der Waals surface area contributed by atoms with E-state index in [1.807, 2.05) is 55.5 Å². The van der Waals surface area contributed by atoms with Gasteiger partial charge >= 0.3 is 0 Å². The Balaban J connectivity index is 1.75. The molecule has 0 saturated heterocycles. The van der Waals surface area contributed by atoms with E-state index >= 15 is 0 Å². The minimum atomic E-state index is -1.49. The van der Waals surface area contributed by atoms with E-state index in [1.165, 1.54) is 5.56 Å². The summed E-state index contributed by atoms with van der Waals surface area (Å²) in [5.74, 6) is -0.00425. The Kier molecular flexibility index (Phi) is 4.10. The Morgan fingerprint density at radius 3 is 2.18 bits per heavy atom. The quantitative estimate of drug-likeness (QED) is 0.674. The molecule has 0 spiro atoms. The first-order chi connectivity index (χ1) is 10.6. The highest BCUT2D eigenvalue weighted by atomic mass is 19.3. The Morgan fingerprint density at radius 1 is 1.00 bits per heavy atom. The van der Waals surface area contributed by atoms with Crippen molar-refractivity contribution in [3.8, 4) is 0 Å². The topological polar surface area (TPSA) is 0 Å². The summed E-state index contributed by atoms with van der Waals surface area (Å²) in [5.41, 5.74) is 2.05. The lowest BCUT2D eigenvalue weighted by atomic mass is 9.55. The summed E-state index contributed by atoms with van der Waals surface area (Å²) >= 11 is 0. The molecule has 3 rings (SSSR count). The van der Waals surface area contributed by atoms with Crippen LogP contribution in [0.15, 0.2) is 72.3 Å². The summed E-state index contributed by atoms with van der Waals surface area (Å²) in [6.45, 7) is 1.94. The van der Waals surface area contributed by atoms with Gasteiger partial charge in [0.15, 0.2) is 0 Å². The summed E-state index contributed by atoms with van der Waals surface area (Å²) in [4.78, 5) is 0. The zero-order valence-electron chi connectivity index (χ0n) is 12.7. The van der Waals surface area contributed by atoms with E-state index in [2.05, 4.69) is 12.1 Å². The summed E-state index contributed by atoms with van der Waals surface area (Å²) in [6, 6.07) is 19.8. The molecular weight excluding hydrogens is 278 g/mol. The van der Waals surface area contributed by atoms with Gasteiger partial charge in [-0.2, -0.15) is 8.78 Å². The average Bonchev–Trinajstić information content (AvgIpc) is 2.52. The minimum absolute atomic E-state index is 0.00425. The van der Waals surface area contributed by atoms with Gasteiger partial charge < -0.3 is 0 Å².